The van der Waals surface area contributed by atoms with Gasteiger partial charge in [-0.05, 0) is 68.7 Å². The van der Waals surface area contributed by atoms with Gasteiger partial charge in [0, 0.05) is 43.9 Å². The molecule has 43 heavy (non-hydrogen) atoms. The molecule has 0 saturated heterocycles. The molecular weight excluding hydrogens is 548 g/mol. The Morgan fingerprint density at radius 1 is 0.977 bits per heavy atom. The molecule has 1 aromatic rings. The highest BCUT2D eigenvalue weighted by Gasteiger charge is 2.66. The predicted octanol–water partition coefficient (Wildman–Crippen LogP) is 5.53. The van der Waals surface area contributed by atoms with Crippen LogP contribution in [-0.4, -0.2) is 52.7 Å². The number of ketones is 1. The molecule has 1 aromatic carbocycles. The maximum Gasteiger partial charge on any atom is 0.303 e. The topological polar surface area (TPSA) is 116 Å². The van der Waals surface area contributed by atoms with Crippen LogP contribution in [-0.2, 0) is 33.4 Å². The zero-order chi connectivity index (χ0) is 31.9. The van der Waals surface area contributed by atoms with Crippen molar-refractivity contribution in [2.24, 2.45) is 22.7 Å². The summed E-state index contributed by atoms with van der Waals surface area (Å²) in [6.07, 6.45) is 2.26. The van der Waals surface area contributed by atoms with Crippen molar-refractivity contribution in [3.05, 3.63) is 65.3 Å². The second-order valence-corrected chi connectivity index (χ2v) is 13.2. The van der Waals surface area contributed by atoms with Crippen molar-refractivity contribution in [2.75, 3.05) is 0 Å². The lowest BCUT2D eigenvalue weighted by Crippen LogP contribution is -2.52. The first-order valence-electron chi connectivity index (χ1n) is 14.9. The summed E-state index contributed by atoms with van der Waals surface area (Å²) in [6, 6.07) is 9.56. The lowest BCUT2D eigenvalue weighted by atomic mass is 9.55. The molecule has 0 aromatic heterocycles. The first kappa shape index (κ1) is 32.4. The number of carbonyl (C=O) groups is 4. The average Bonchev–Trinajstić information content (AvgIpc) is 3.14. The van der Waals surface area contributed by atoms with E-state index in [2.05, 4.69) is 6.58 Å². The maximum absolute atomic E-state index is 13.6. The van der Waals surface area contributed by atoms with E-state index in [0.29, 0.717) is 36.0 Å². The lowest BCUT2D eigenvalue weighted by Gasteiger charge is -2.50. The van der Waals surface area contributed by atoms with E-state index in [4.69, 9.17) is 14.2 Å². The van der Waals surface area contributed by atoms with E-state index in [-0.39, 0.29) is 12.2 Å². The Hall–Kier alpha value is -3.52. The fraction of sp³-hybridized carbons (Fsp3) is 0.543. The quantitative estimate of drug-likeness (QED) is 0.190. The van der Waals surface area contributed by atoms with Crippen LogP contribution in [0.5, 0.6) is 0 Å². The number of fused-ring (bicyclic) bond motifs is 2. The molecule has 8 heteroatoms. The summed E-state index contributed by atoms with van der Waals surface area (Å²) in [6.45, 7) is 15.6. The molecule has 0 bridgehead atoms. The van der Waals surface area contributed by atoms with Gasteiger partial charge in [-0.15, -0.1) is 0 Å². The van der Waals surface area contributed by atoms with Crippen molar-refractivity contribution in [1.82, 2.24) is 0 Å². The van der Waals surface area contributed by atoms with Crippen LogP contribution in [0, 0.1) is 22.7 Å². The Kier molecular flexibility index (Phi) is 8.94. The minimum Gasteiger partial charge on any atom is -0.458 e. The number of allylic oxidation sites excluding steroid dienone is 2. The SMILES string of the molecule is C=C1[C@@H](C(=O)/C=C/c2ccccc2)CC[C@]2(C)[C@@H]1C[C@]1(C(C)(C)O)C[C@H](OC(C)=O)C(C)=C1[C@@H](OC(C)=O)[C@@H]2OC(C)=O. The predicted molar refractivity (Wildman–Crippen MR) is 161 cm³/mol. The van der Waals surface area contributed by atoms with E-state index in [1.807, 2.05) is 44.2 Å². The van der Waals surface area contributed by atoms with E-state index in [0.717, 1.165) is 5.56 Å². The second kappa shape index (κ2) is 11.9. The van der Waals surface area contributed by atoms with Crippen LogP contribution in [0.2, 0.25) is 0 Å². The van der Waals surface area contributed by atoms with Crippen molar-refractivity contribution >= 4 is 29.8 Å². The first-order chi connectivity index (χ1) is 20.0. The normalized spacial score (nSPS) is 32.5. The summed E-state index contributed by atoms with van der Waals surface area (Å²) in [5.41, 5.74) is -0.359. The third-order valence-electron chi connectivity index (χ3n) is 10.0. The smallest absolute Gasteiger partial charge is 0.303 e. The highest BCUT2D eigenvalue weighted by atomic mass is 16.6. The molecule has 0 unspecified atom stereocenters. The maximum atomic E-state index is 13.6. The fourth-order valence-electron chi connectivity index (χ4n) is 7.87. The second-order valence-electron chi connectivity index (χ2n) is 13.2. The molecule has 3 aliphatic rings. The summed E-state index contributed by atoms with van der Waals surface area (Å²) < 4.78 is 17.8. The molecule has 0 heterocycles. The summed E-state index contributed by atoms with van der Waals surface area (Å²) in [5.74, 6) is -2.56. The molecule has 232 valence electrons. The minimum absolute atomic E-state index is 0.0748. The zero-order valence-electron chi connectivity index (χ0n) is 26.3. The van der Waals surface area contributed by atoms with E-state index >= 15 is 0 Å². The largest absolute Gasteiger partial charge is 0.458 e. The van der Waals surface area contributed by atoms with Gasteiger partial charge >= 0.3 is 17.9 Å². The molecular formula is C35H44O8. The van der Waals surface area contributed by atoms with Gasteiger partial charge in [0.05, 0.1) is 5.60 Å². The Labute approximate surface area is 254 Å². The fourth-order valence-corrected chi connectivity index (χ4v) is 7.87. The van der Waals surface area contributed by atoms with Crippen molar-refractivity contribution < 1.29 is 38.5 Å². The summed E-state index contributed by atoms with van der Waals surface area (Å²) in [5, 5.41) is 11.9. The van der Waals surface area contributed by atoms with E-state index in [9.17, 15) is 24.3 Å². The number of hydrogen-bond acceptors (Lipinski definition) is 8. The van der Waals surface area contributed by atoms with E-state index < -0.39 is 64.5 Å². The summed E-state index contributed by atoms with van der Waals surface area (Å²) in [7, 11) is 0. The third-order valence-corrected chi connectivity index (χ3v) is 10.0. The Bertz CT molecular complexity index is 1370. The van der Waals surface area contributed by atoms with Gasteiger partial charge in [0.25, 0.3) is 0 Å². The number of rotatable bonds is 7. The van der Waals surface area contributed by atoms with Gasteiger partial charge in [0.1, 0.15) is 12.2 Å². The highest BCUT2D eigenvalue weighted by molar-refractivity contribution is 5.97. The van der Waals surface area contributed by atoms with Crippen molar-refractivity contribution in [1.29, 1.82) is 0 Å². The molecule has 2 fully saturated rings. The van der Waals surface area contributed by atoms with Gasteiger partial charge < -0.3 is 19.3 Å². The molecule has 0 spiro atoms. The van der Waals surface area contributed by atoms with Crippen LogP contribution in [0.4, 0.5) is 0 Å². The Morgan fingerprint density at radius 2 is 1.58 bits per heavy atom. The van der Waals surface area contributed by atoms with Crippen LogP contribution in [0.3, 0.4) is 0 Å². The number of aliphatic hydroxyl groups is 1. The third kappa shape index (κ3) is 5.99. The highest BCUT2D eigenvalue weighted by Crippen LogP contribution is 2.65. The molecule has 0 amide bonds. The van der Waals surface area contributed by atoms with Crippen LogP contribution in [0.15, 0.2) is 59.7 Å². The average molecular weight is 593 g/mol. The lowest BCUT2D eigenvalue weighted by molar-refractivity contribution is -0.177. The van der Waals surface area contributed by atoms with Crippen LogP contribution >= 0.6 is 0 Å². The molecule has 0 aliphatic heterocycles. The molecule has 4 rings (SSSR count). The monoisotopic (exact) mass is 592 g/mol. The summed E-state index contributed by atoms with van der Waals surface area (Å²) >= 11 is 0. The Morgan fingerprint density at radius 3 is 2.14 bits per heavy atom. The van der Waals surface area contributed by atoms with Gasteiger partial charge in [-0.2, -0.15) is 0 Å². The molecule has 2 saturated carbocycles. The number of ether oxygens (including phenoxy) is 3. The van der Waals surface area contributed by atoms with Gasteiger partial charge in [-0.25, -0.2) is 0 Å². The van der Waals surface area contributed by atoms with E-state index in [1.54, 1.807) is 26.0 Å². The molecule has 8 nitrogen and oxygen atoms in total. The number of hydrogen-bond donors (Lipinski definition) is 1. The van der Waals surface area contributed by atoms with Gasteiger partial charge in [0.15, 0.2) is 11.9 Å². The first-order valence-corrected chi connectivity index (χ1v) is 14.9. The van der Waals surface area contributed by atoms with Gasteiger partial charge in [0.2, 0.25) is 0 Å². The van der Waals surface area contributed by atoms with Crippen LogP contribution in [0.25, 0.3) is 6.08 Å². The van der Waals surface area contributed by atoms with Crippen molar-refractivity contribution in [3.63, 3.8) is 0 Å². The molecule has 0 radical (unpaired) electrons. The number of esters is 3. The van der Waals surface area contributed by atoms with Gasteiger partial charge in [-0.3, -0.25) is 19.2 Å². The van der Waals surface area contributed by atoms with Crippen molar-refractivity contribution in [2.45, 2.75) is 98.1 Å². The molecule has 3 aliphatic carbocycles. The Balaban J connectivity index is 1.89. The van der Waals surface area contributed by atoms with Gasteiger partial charge in [-0.1, -0.05) is 55.5 Å². The van der Waals surface area contributed by atoms with E-state index in [1.165, 1.54) is 20.8 Å². The number of benzene rings is 1. The molecule has 7 atom stereocenters. The van der Waals surface area contributed by atoms with Crippen LogP contribution < -0.4 is 0 Å². The standard InChI is InChI=1S/C35H44O8/c1-20-26(28(39)15-14-25-12-10-9-11-13-25)16-17-34(8)27(20)18-35(33(6,7)40)19-29(41-22(3)36)21(2)30(35)31(42-23(4)37)32(34)43-24(5)38/h9-15,26-27,29,31-32,40H,1,16-19H2,2-8H3/b15-14+/t26-,27+,29-,31+,32-,34+,35-/m0/s1. The minimum atomic E-state index is -1.38. The summed E-state index contributed by atoms with van der Waals surface area (Å²) in [4.78, 5) is 51.0. The zero-order valence-corrected chi connectivity index (χ0v) is 26.3. The van der Waals surface area contributed by atoms with Crippen LogP contribution in [0.1, 0.15) is 79.7 Å². The van der Waals surface area contributed by atoms with Crippen molar-refractivity contribution in [3.8, 4) is 0 Å². The number of carbonyl (C=O) groups excluding carboxylic acids is 4. The molecule has 1 N–H and O–H groups in total.